The van der Waals surface area contributed by atoms with Crippen molar-refractivity contribution in [2.45, 2.75) is 39.7 Å². The van der Waals surface area contributed by atoms with E-state index in [0.29, 0.717) is 0 Å². The Kier molecular flexibility index (Phi) is 6.11. The largest absolute Gasteiger partial charge is 0.392 e. The lowest BCUT2D eigenvalue weighted by atomic mass is 9.83. The quantitative estimate of drug-likeness (QED) is 0.840. The Morgan fingerprint density at radius 3 is 2.55 bits per heavy atom. The molecule has 1 aromatic rings. The Bertz CT molecular complexity index is 491. The van der Waals surface area contributed by atoms with Gasteiger partial charge in [-0.3, -0.25) is 4.79 Å². The summed E-state index contributed by atoms with van der Waals surface area (Å²) in [7, 11) is 0. The number of Topliss-reactive ketones (excluding diaryl/α,β-unsaturated/α-hetero) is 1. The third-order valence-electron chi connectivity index (χ3n) is 3.80. The molecule has 3 atom stereocenters. The van der Waals surface area contributed by atoms with Crippen LogP contribution >= 0.6 is 0 Å². The molecule has 0 amide bonds. The molecule has 0 saturated heterocycles. The Labute approximate surface area is 121 Å². The van der Waals surface area contributed by atoms with Crippen molar-refractivity contribution in [3.05, 3.63) is 41.0 Å². The molecule has 3 nitrogen and oxygen atoms in total. The summed E-state index contributed by atoms with van der Waals surface area (Å²) < 4.78 is 0. The van der Waals surface area contributed by atoms with Crippen molar-refractivity contribution >= 4 is 11.9 Å². The molecule has 0 aromatic heterocycles. The second kappa shape index (κ2) is 7.36. The highest BCUT2D eigenvalue weighted by Crippen LogP contribution is 2.28. The highest BCUT2D eigenvalue weighted by atomic mass is 16.3. The highest BCUT2D eigenvalue weighted by Gasteiger charge is 2.26. The molecule has 0 spiro atoms. The van der Waals surface area contributed by atoms with Gasteiger partial charge in [-0.1, -0.05) is 49.8 Å². The average molecular weight is 276 g/mol. The van der Waals surface area contributed by atoms with E-state index in [2.05, 4.69) is 0 Å². The fraction of sp³-hybridized carbons (Fsp3) is 0.471. The summed E-state index contributed by atoms with van der Waals surface area (Å²) in [4.78, 5) is 11.4. The van der Waals surface area contributed by atoms with Crippen LogP contribution in [0, 0.1) is 12.8 Å². The molecule has 3 heteroatoms. The van der Waals surface area contributed by atoms with E-state index in [4.69, 9.17) is 5.11 Å². The van der Waals surface area contributed by atoms with Crippen LogP contribution in [0.15, 0.2) is 24.3 Å². The van der Waals surface area contributed by atoms with E-state index in [-0.39, 0.29) is 24.2 Å². The van der Waals surface area contributed by atoms with Gasteiger partial charge in [-0.15, -0.1) is 0 Å². The Balaban J connectivity index is 3.11. The first-order valence-electron chi connectivity index (χ1n) is 6.95. The molecule has 0 aliphatic carbocycles. The lowest BCUT2D eigenvalue weighted by Gasteiger charge is -2.25. The minimum atomic E-state index is -0.712. The highest BCUT2D eigenvalue weighted by molar-refractivity contribution is 5.78. The predicted octanol–water partition coefficient (Wildman–Crippen LogP) is 2.69. The van der Waals surface area contributed by atoms with Crippen molar-refractivity contribution in [3.63, 3.8) is 0 Å². The van der Waals surface area contributed by atoms with Gasteiger partial charge in [0.2, 0.25) is 0 Å². The zero-order chi connectivity index (χ0) is 15.3. The van der Waals surface area contributed by atoms with Crippen LogP contribution in [-0.2, 0) is 4.79 Å². The molecule has 2 N–H and O–H groups in total. The van der Waals surface area contributed by atoms with E-state index < -0.39 is 6.10 Å². The summed E-state index contributed by atoms with van der Waals surface area (Å²) in [6.45, 7) is 7.15. The Morgan fingerprint density at radius 2 is 2.00 bits per heavy atom. The van der Waals surface area contributed by atoms with Gasteiger partial charge in [0.25, 0.3) is 0 Å². The van der Waals surface area contributed by atoms with Gasteiger partial charge in [0.15, 0.2) is 0 Å². The number of ketones is 1. The molecule has 0 heterocycles. The van der Waals surface area contributed by atoms with Crippen LogP contribution in [0.1, 0.15) is 43.4 Å². The van der Waals surface area contributed by atoms with Crippen LogP contribution in [0.4, 0.5) is 0 Å². The van der Waals surface area contributed by atoms with E-state index >= 15 is 0 Å². The molecule has 0 aliphatic rings. The molecule has 0 unspecified atom stereocenters. The SMILES string of the molecule is CC(=O)[C@@H](C)[C@H](O)[C@H](C)c1ccc(C)cc1/C=C/CO. The first-order valence-corrected chi connectivity index (χ1v) is 6.95. The van der Waals surface area contributed by atoms with Gasteiger partial charge in [0.05, 0.1) is 12.7 Å². The summed E-state index contributed by atoms with van der Waals surface area (Å²) in [5, 5.41) is 19.3. The molecule has 0 radical (unpaired) electrons. The van der Waals surface area contributed by atoms with E-state index in [1.165, 1.54) is 6.92 Å². The van der Waals surface area contributed by atoms with Crippen LogP contribution < -0.4 is 0 Å². The second-order valence-electron chi connectivity index (χ2n) is 5.40. The maximum Gasteiger partial charge on any atom is 0.135 e. The number of rotatable bonds is 6. The molecular weight excluding hydrogens is 252 g/mol. The van der Waals surface area contributed by atoms with Gasteiger partial charge >= 0.3 is 0 Å². The number of hydrogen-bond donors (Lipinski definition) is 2. The summed E-state index contributed by atoms with van der Waals surface area (Å²) in [6, 6.07) is 5.99. The van der Waals surface area contributed by atoms with Crippen molar-refractivity contribution in [2.24, 2.45) is 5.92 Å². The monoisotopic (exact) mass is 276 g/mol. The average Bonchev–Trinajstić information content (AvgIpc) is 2.42. The maximum atomic E-state index is 11.4. The fourth-order valence-corrected chi connectivity index (χ4v) is 2.29. The number of aliphatic hydroxyl groups is 2. The smallest absolute Gasteiger partial charge is 0.135 e. The normalized spacial score (nSPS) is 16.1. The Morgan fingerprint density at radius 1 is 1.35 bits per heavy atom. The van der Waals surface area contributed by atoms with Gasteiger partial charge in [0, 0.05) is 11.8 Å². The third-order valence-corrected chi connectivity index (χ3v) is 3.80. The van der Waals surface area contributed by atoms with Gasteiger partial charge in [-0.2, -0.15) is 0 Å². The second-order valence-corrected chi connectivity index (χ2v) is 5.40. The van der Waals surface area contributed by atoms with Gasteiger partial charge in [-0.25, -0.2) is 0 Å². The molecule has 1 rings (SSSR count). The van der Waals surface area contributed by atoms with Crippen molar-refractivity contribution < 1.29 is 15.0 Å². The lowest BCUT2D eigenvalue weighted by Crippen LogP contribution is -2.29. The van der Waals surface area contributed by atoms with Crippen LogP contribution in [0.5, 0.6) is 0 Å². The topological polar surface area (TPSA) is 57.5 Å². The van der Waals surface area contributed by atoms with Gasteiger partial charge in [0.1, 0.15) is 5.78 Å². The van der Waals surface area contributed by atoms with E-state index in [1.54, 1.807) is 13.0 Å². The molecule has 1 aromatic carbocycles. The standard InChI is InChI=1S/C17H24O3/c1-11-7-8-16(15(10-11)6-5-9-18)13(3)17(20)12(2)14(4)19/h5-8,10,12-13,17-18,20H,9H2,1-4H3/b6-5+/t12-,13-,17+/m1/s1. The van der Waals surface area contributed by atoms with Crippen molar-refractivity contribution in [1.82, 2.24) is 0 Å². The number of carbonyl (C=O) groups excluding carboxylic acids is 1. The van der Waals surface area contributed by atoms with Crippen LogP contribution in [0.3, 0.4) is 0 Å². The maximum absolute atomic E-state index is 11.4. The summed E-state index contributed by atoms with van der Waals surface area (Å²) in [6.07, 6.45) is 2.81. The summed E-state index contributed by atoms with van der Waals surface area (Å²) in [5.74, 6) is -0.544. The summed E-state index contributed by atoms with van der Waals surface area (Å²) >= 11 is 0. The first-order chi connectivity index (χ1) is 9.38. The summed E-state index contributed by atoms with van der Waals surface area (Å²) in [5.41, 5.74) is 3.08. The zero-order valence-electron chi connectivity index (χ0n) is 12.6. The minimum Gasteiger partial charge on any atom is -0.392 e. The molecule has 110 valence electrons. The van der Waals surface area contributed by atoms with Crippen LogP contribution in [0.2, 0.25) is 0 Å². The lowest BCUT2D eigenvalue weighted by molar-refractivity contribution is -0.123. The number of benzene rings is 1. The molecule has 0 aliphatic heterocycles. The van der Waals surface area contributed by atoms with Crippen LogP contribution in [-0.4, -0.2) is 28.7 Å². The zero-order valence-corrected chi connectivity index (χ0v) is 12.6. The van der Waals surface area contributed by atoms with E-state index in [1.807, 2.05) is 38.1 Å². The molecule has 0 bridgehead atoms. The molecule has 0 fully saturated rings. The number of aliphatic hydroxyl groups excluding tert-OH is 2. The predicted molar refractivity (Wildman–Crippen MR) is 81.6 cm³/mol. The van der Waals surface area contributed by atoms with Crippen LogP contribution in [0.25, 0.3) is 6.08 Å². The van der Waals surface area contributed by atoms with Gasteiger partial charge < -0.3 is 10.2 Å². The number of carbonyl (C=O) groups is 1. The molecule has 0 saturated carbocycles. The van der Waals surface area contributed by atoms with Crippen molar-refractivity contribution in [3.8, 4) is 0 Å². The molecular formula is C17H24O3. The van der Waals surface area contributed by atoms with Crippen molar-refractivity contribution in [2.75, 3.05) is 6.61 Å². The Hall–Kier alpha value is -1.45. The minimum absolute atomic E-state index is 0.0103. The first kappa shape index (κ1) is 16.6. The number of aryl methyl sites for hydroxylation is 1. The van der Waals surface area contributed by atoms with Crippen molar-refractivity contribution in [1.29, 1.82) is 0 Å². The third kappa shape index (κ3) is 4.02. The fourth-order valence-electron chi connectivity index (χ4n) is 2.29. The molecule has 20 heavy (non-hydrogen) atoms. The number of hydrogen-bond acceptors (Lipinski definition) is 3. The van der Waals surface area contributed by atoms with E-state index in [9.17, 15) is 9.90 Å². The van der Waals surface area contributed by atoms with E-state index in [0.717, 1.165) is 16.7 Å². The van der Waals surface area contributed by atoms with Gasteiger partial charge in [-0.05, 0) is 25.0 Å².